The lowest BCUT2D eigenvalue weighted by atomic mass is 10.0. The fourth-order valence-electron chi connectivity index (χ4n) is 3.66. The number of carbonyl (C=O) groups is 1. The number of halogens is 2. The number of pyridine rings is 1. The second-order valence-electron chi connectivity index (χ2n) is 7.20. The number of rotatable bonds is 5. The maximum absolute atomic E-state index is 14.1. The van der Waals surface area contributed by atoms with E-state index in [-0.39, 0.29) is 16.1 Å². The van der Waals surface area contributed by atoms with E-state index in [1.165, 1.54) is 24.3 Å². The first-order valence-corrected chi connectivity index (χ1v) is 11.3. The molecule has 2 aromatic carbocycles. The second-order valence-corrected chi connectivity index (χ2v) is 9.22. The van der Waals surface area contributed by atoms with Gasteiger partial charge >= 0.3 is 6.55 Å². The summed E-state index contributed by atoms with van der Waals surface area (Å²) in [7, 11) is -3.40. The molecule has 158 valence electrons. The van der Waals surface area contributed by atoms with Crippen molar-refractivity contribution in [3.05, 3.63) is 71.9 Å². The lowest BCUT2D eigenvalue weighted by Crippen LogP contribution is -2.02. The summed E-state index contributed by atoms with van der Waals surface area (Å²) in [5.41, 5.74) is 2.92. The van der Waals surface area contributed by atoms with Crippen molar-refractivity contribution in [2.24, 2.45) is 0 Å². The molecule has 31 heavy (non-hydrogen) atoms. The van der Waals surface area contributed by atoms with Gasteiger partial charge in [-0.2, -0.15) is 8.78 Å². The average molecular weight is 440 g/mol. The van der Waals surface area contributed by atoms with E-state index in [9.17, 15) is 22.0 Å². The van der Waals surface area contributed by atoms with Crippen molar-refractivity contribution in [1.82, 2.24) is 9.55 Å². The molecule has 0 N–H and O–H groups in total. The predicted molar refractivity (Wildman–Crippen MR) is 115 cm³/mol. The molecule has 2 heterocycles. The maximum atomic E-state index is 14.1. The number of aldehydes is 1. The zero-order chi connectivity index (χ0) is 22.3. The topological polar surface area (TPSA) is 69.0 Å². The molecule has 0 saturated carbocycles. The van der Waals surface area contributed by atoms with Gasteiger partial charge in [0.05, 0.1) is 21.8 Å². The Bertz CT molecular complexity index is 1410. The minimum atomic E-state index is -3.40. The maximum Gasteiger partial charge on any atom is 0.319 e. The molecule has 5 nitrogen and oxygen atoms in total. The fraction of sp³-hybridized carbons (Fsp3) is 0.130. The van der Waals surface area contributed by atoms with Crippen molar-refractivity contribution in [3.8, 4) is 22.5 Å². The Balaban J connectivity index is 1.96. The summed E-state index contributed by atoms with van der Waals surface area (Å²) in [6.07, 6.45) is 1.79. The second kappa shape index (κ2) is 7.70. The fourth-order valence-corrected chi connectivity index (χ4v) is 4.29. The smallest absolute Gasteiger partial charge is 0.298 e. The molecule has 0 atom stereocenters. The van der Waals surface area contributed by atoms with Gasteiger partial charge in [0.2, 0.25) is 0 Å². The average Bonchev–Trinajstić information content (AvgIpc) is 3.13. The van der Waals surface area contributed by atoms with Crippen LogP contribution in [-0.2, 0) is 9.84 Å². The van der Waals surface area contributed by atoms with Gasteiger partial charge in [-0.05, 0) is 36.8 Å². The molecular weight excluding hydrogens is 422 g/mol. The molecule has 0 aliphatic heterocycles. The highest BCUT2D eigenvalue weighted by molar-refractivity contribution is 7.90. The largest absolute Gasteiger partial charge is 0.319 e. The lowest BCUT2D eigenvalue weighted by molar-refractivity contribution is 0.0769. The van der Waals surface area contributed by atoms with E-state index >= 15 is 0 Å². The highest BCUT2D eigenvalue weighted by Gasteiger charge is 2.21. The molecule has 0 aliphatic rings. The number of nitrogens with zero attached hydrogens (tertiary/aromatic N) is 2. The summed E-state index contributed by atoms with van der Waals surface area (Å²) < 4.78 is 52.6. The van der Waals surface area contributed by atoms with Crippen molar-refractivity contribution >= 4 is 27.0 Å². The minimum Gasteiger partial charge on any atom is -0.298 e. The van der Waals surface area contributed by atoms with Crippen molar-refractivity contribution in [3.63, 3.8) is 0 Å². The molecule has 4 rings (SSSR count). The summed E-state index contributed by atoms with van der Waals surface area (Å²) >= 11 is 0. The van der Waals surface area contributed by atoms with Gasteiger partial charge in [0.15, 0.2) is 16.1 Å². The Labute approximate surface area is 177 Å². The third-order valence-corrected chi connectivity index (χ3v) is 6.29. The number of hydrogen-bond acceptors (Lipinski definition) is 4. The van der Waals surface area contributed by atoms with Crippen molar-refractivity contribution in [2.45, 2.75) is 18.4 Å². The van der Waals surface area contributed by atoms with Gasteiger partial charge in [0.25, 0.3) is 0 Å². The molecule has 0 saturated heterocycles. The zero-order valence-corrected chi connectivity index (χ0v) is 17.5. The van der Waals surface area contributed by atoms with Gasteiger partial charge in [-0.3, -0.25) is 14.3 Å². The van der Waals surface area contributed by atoms with E-state index in [1.54, 1.807) is 43.3 Å². The Morgan fingerprint density at radius 2 is 1.71 bits per heavy atom. The molecule has 0 unspecified atom stereocenters. The van der Waals surface area contributed by atoms with E-state index in [0.29, 0.717) is 39.8 Å². The van der Waals surface area contributed by atoms with E-state index in [2.05, 4.69) is 4.98 Å². The standard InChI is InChI=1S/C23H18F2N2O3S/c1-14-19-11-21(15-7-9-17(10-8-15)31(2,29)30)27(23(24)25)22(19)12-20(26-14)18-6-4-3-5-16(18)13-28/h3-13,23H,1-2H3. The highest BCUT2D eigenvalue weighted by atomic mass is 32.2. The first kappa shape index (κ1) is 20.9. The van der Waals surface area contributed by atoms with Crippen LogP contribution in [0.4, 0.5) is 8.78 Å². The quantitative estimate of drug-likeness (QED) is 0.396. The number of benzene rings is 2. The van der Waals surface area contributed by atoms with E-state index in [4.69, 9.17) is 0 Å². The Hall–Kier alpha value is -3.39. The Kier molecular flexibility index (Phi) is 5.18. The van der Waals surface area contributed by atoms with Gasteiger partial charge in [-0.15, -0.1) is 0 Å². The van der Waals surface area contributed by atoms with Crippen LogP contribution < -0.4 is 0 Å². The van der Waals surface area contributed by atoms with Gasteiger partial charge in [0, 0.05) is 28.5 Å². The van der Waals surface area contributed by atoms with Crippen LogP contribution in [0.15, 0.2) is 65.6 Å². The zero-order valence-electron chi connectivity index (χ0n) is 16.7. The van der Waals surface area contributed by atoms with Crippen LogP contribution in [0.5, 0.6) is 0 Å². The van der Waals surface area contributed by atoms with Crippen LogP contribution in [0, 0.1) is 6.92 Å². The molecule has 2 aromatic heterocycles. The number of alkyl halides is 2. The van der Waals surface area contributed by atoms with Crippen LogP contribution in [-0.4, -0.2) is 30.5 Å². The third-order valence-electron chi connectivity index (χ3n) is 5.16. The molecular formula is C23H18F2N2O3S. The minimum absolute atomic E-state index is 0.113. The van der Waals surface area contributed by atoms with Crippen molar-refractivity contribution in [1.29, 1.82) is 0 Å². The summed E-state index contributed by atoms with van der Waals surface area (Å²) in [6, 6.07) is 15.8. The SMILES string of the molecule is Cc1nc(-c2ccccc2C=O)cc2c1cc(-c1ccc(S(C)(=O)=O)cc1)n2C(F)F. The van der Waals surface area contributed by atoms with Gasteiger partial charge < -0.3 is 0 Å². The number of sulfone groups is 1. The van der Waals surface area contributed by atoms with Gasteiger partial charge in [-0.25, -0.2) is 8.42 Å². The first-order chi connectivity index (χ1) is 14.7. The number of carbonyl (C=O) groups excluding carboxylic acids is 1. The molecule has 0 amide bonds. The van der Waals surface area contributed by atoms with Crippen LogP contribution in [0.1, 0.15) is 22.6 Å². The normalized spacial score (nSPS) is 11.9. The van der Waals surface area contributed by atoms with E-state index < -0.39 is 16.4 Å². The van der Waals surface area contributed by atoms with Crippen molar-refractivity contribution in [2.75, 3.05) is 6.26 Å². The molecule has 4 aromatic rings. The van der Waals surface area contributed by atoms with Gasteiger partial charge in [0.1, 0.15) is 0 Å². The van der Waals surface area contributed by atoms with Crippen LogP contribution in [0.3, 0.4) is 0 Å². The molecule has 0 fully saturated rings. The molecule has 0 bridgehead atoms. The summed E-state index contributed by atoms with van der Waals surface area (Å²) in [5.74, 6) is 0. The number of aromatic nitrogens is 2. The third kappa shape index (κ3) is 3.74. The van der Waals surface area contributed by atoms with E-state index in [1.807, 2.05) is 0 Å². The van der Waals surface area contributed by atoms with E-state index in [0.717, 1.165) is 10.8 Å². The molecule has 0 radical (unpaired) electrons. The predicted octanol–water partition coefficient (Wildman–Crippen LogP) is 5.29. The summed E-state index contributed by atoms with van der Waals surface area (Å²) in [6.45, 7) is -1.11. The Morgan fingerprint density at radius 3 is 2.32 bits per heavy atom. The number of fused-ring (bicyclic) bond motifs is 1. The van der Waals surface area contributed by atoms with Crippen LogP contribution in [0.2, 0.25) is 0 Å². The monoisotopic (exact) mass is 440 g/mol. The van der Waals surface area contributed by atoms with Crippen LogP contribution >= 0.6 is 0 Å². The lowest BCUT2D eigenvalue weighted by Gasteiger charge is -2.12. The number of aryl methyl sites for hydroxylation is 1. The van der Waals surface area contributed by atoms with Crippen LogP contribution in [0.25, 0.3) is 33.4 Å². The molecule has 0 aliphatic carbocycles. The number of hydrogen-bond donors (Lipinski definition) is 0. The Morgan fingerprint density at radius 1 is 1.03 bits per heavy atom. The van der Waals surface area contributed by atoms with Gasteiger partial charge in [-0.1, -0.05) is 36.4 Å². The van der Waals surface area contributed by atoms with Crippen molar-refractivity contribution < 1.29 is 22.0 Å². The highest BCUT2D eigenvalue weighted by Crippen LogP contribution is 2.36. The molecule has 8 heteroatoms. The molecule has 0 spiro atoms. The summed E-state index contributed by atoms with van der Waals surface area (Å²) in [4.78, 5) is 16.1. The summed E-state index contributed by atoms with van der Waals surface area (Å²) in [5, 5.41) is 0.551. The first-order valence-electron chi connectivity index (χ1n) is 9.36.